The summed E-state index contributed by atoms with van der Waals surface area (Å²) in [6.07, 6.45) is 2.91. The third kappa shape index (κ3) is 5.69. The SMILES string of the molecule is CC(C)(C)OC(=O)N1CCCCC(OCCN)C1. The molecule has 1 amide bonds. The summed E-state index contributed by atoms with van der Waals surface area (Å²) < 4.78 is 11.0. The van der Waals surface area contributed by atoms with E-state index in [9.17, 15) is 4.79 Å². The number of carbonyl (C=O) groups excluding carboxylic acids is 1. The molecule has 18 heavy (non-hydrogen) atoms. The van der Waals surface area contributed by atoms with Gasteiger partial charge in [0.2, 0.25) is 0 Å². The highest BCUT2D eigenvalue weighted by molar-refractivity contribution is 5.68. The van der Waals surface area contributed by atoms with Gasteiger partial charge in [0.15, 0.2) is 0 Å². The van der Waals surface area contributed by atoms with E-state index in [-0.39, 0.29) is 12.2 Å². The molecule has 1 heterocycles. The van der Waals surface area contributed by atoms with Gasteiger partial charge >= 0.3 is 6.09 Å². The topological polar surface area (TPSA) is 64.8 Å². The average molecular weight is 258 g/mol. The first-order chi connectivity index (χ1) is 8.42. The van der Waals surface area contributed by atoms with Gasteiger partial charge in [0.25, 0.3) is 0 Å². The summed E-state index contributed by atoms with van der Waals surface area (Å²) in [7, 11) is 0. The number of hydrogen-bond acceptors (Lipinski definition) is 4. The molecule has 0 aromatic carbocycles. The molecule has 0 bridgehead atoms. The number of likely N-dealkylation sites (tertiary alicyclic amines) is 1. The normalized spacial score (nSPS) is 21.6. The van der Waals surface area contributed by atoms with Crippen LogP contribution >= 0.6 is 0 Å². The summed E-state index contributed by atoms with van der Waals surface area (Å²) in [4.78, 5) is 13.8. The van der Waals surface area contributed by atoms with E-state index in [4.69, 9.17) is 15.2 Å². The maximum atomic E-state index is 12.0. The molecule has 0 radical (unpaired) electrons. The van der Waals surface area contributed by atoms with Crippen molar-refractivity contribution >= 4 is 6.09 Å². The predicted octanol–water partition coefficient (Wildman–Crippen LogP) is 1.75. The van der Waals surface area contributed by atoms with Crippen molar-refractivity contribution in [1.29, 1.82) is 0 Å². The molecule has 1 rings (SSSR count). The van der Waals surface area contributed by atoms with E-state index in [1.165, 1.54) is 0 Å². The Morgan fingerprint density at radius 3 is 2.72 bits per heavy atom. The van der Waals surface area contributed by atoms with Crippen LogP contribution in [0.25, 0.3) is 0 Å². The summed E-state index contributed by atoms with van der Waals surface area (Å²) in [6.45, 7) is 8.06. The van der Waals surface area contributed by atoms with Gasteiger partial charge in [-0.25, -0.2) is 4.79 Å². The zero-order valence-corrected chi connectivity index (χ0v) is 11.8. The Kier molecular flexibility index (Phi) is 5.88. The summed E-state index contributed by atoms with van der Waals surface area (Å²) >= 11 is 0. The molecular formula is C13H26N2O3. The molecule has 0 aromatic rings. The van der Waals surface area contributed by atoms with E-state index in [0.717, 1.165) is 25.8 Å². The van der Waals surface area contributed by atoms with Gasteiger partial charge in [-0.05, 0) is 40.0 Å². The smallest absolute Gasteiger partial charge is 0.410 e. The molecule has 1 atom stereocenters. The van der Waals surface area contributed by atoms with Gasteiger partial charge in [-0.15, -0.1) is 0 Å². The zero-order valence-electron chi connectivity index (χ0n) is 11.8. The van der Waals surface area contributed by atoms with E-state index < -0.39 is 5.60 Å². The lowest BCUT2D eigenvalue weighted by atomic mass is 10.2. The van der Waals surface area contributed by atoms with E-state index in [1.807, 2.05) is 20.8 Å². The fourth-order valence-electron chi connectivity index (χ4n) is 1.97. The number of carbonyl (C=O) groups is 1. The summed E-state index contributed by atoms with van der Waals surface area (Å²) in [5, 5.41) is 0. The quantitative estimate of drug-likeness (QED) is 0.837. The van der Waals surface area contributed by atoms with Crippen molar-refractivity contribution in [1.82, 2.24) is 4.90 Å². The van der Waals surface area contributed by atoms with Crippen LogP contribution < -0.4 is 5.73 Å². The summed E-state index contributed by atoms with van der Waals surface area (Å²) in [5.41, 5.74) is 4.98. The molecule has 1 fully saturated rings. The van der Waals surface area contributed by atoms with E-state index in [0.29, 0.717) is 19.7 Å². The van der Waals surface area contributed by atoms with Crippen molar-refractivity contribution in [3.8, 4) is 0 Å². The second kappa shape index (κ2) is 6.95. The number of rotatable bonds is 3. The number of hydrogen-bond donors (Lipinski definition) is 1. The lowest BCUT2D eigenvalue weighted by molar-refractivity contribution is 0.00286. The molecule has 0 aromatic heterocycles. The molecule has 1 aliphatic rings. The third-order valence-corrected chi connectivity index (χ3v) is 2.75. The number of nitrogens with two attached hydrogens (primary N) is 1. The van der Waals surface area contributed by atoms with Crippen LogP contribution in [-0.2, 0) is 9.47 Å². The van der Waals surface area contributed by atoms with E-state index >= 15 is 0 Å². The Bertz CT molecular complexity index is 263. The molecule has 1 aliphatic heterocycles. The van der Waals surface area contributed by atoms with Gasteiger partial charge in [-0.2, -0.15) is 0 Å². The lowest BCUT2D eigenvalue weighted by Crippen LogP contribution is -2.41. The summed E-state index contributed by atoms with van der Waals surface area (Å²) in [5.74, 6) is 0. The van der Waals surface area contributed by atoms with Gasteiger partial charge in [-0.3, -0.25) is 0 Å². The lowest BCUT2D eigenvalue weighted by Gasteiger charge is -2.28. The molecule has 5 nitrogen and oxygen atoms in total. The predicted molar refractivity (Wildman–Crippen MR) is 70.5 cm³/mol. The van der Waals surface area contributed by atoms with E-state index in [2.05, 4.69) is 0 Å². The van der Waals surface area contributed by atoms with Gasteiger partial charge in [-0.1, -0.05) is 0 Å². The maximum Gasteiger partial charge on any atom is 0.410 e. The molecule has 0 aliphatic carbocycles. The van der Waals surface area contributed by atoms with Gasteiger partial charge in [0, 0.05) is 13.1 Å². The van der Waals surface area contributed by atoms with Gasteiger partial charge in [0.1, 0.15) is 5.60 Å². The van der Waals surface area contributed by atoms with Crippen LogP contribution in [0.15, 0.2) is 0 Å². The van der Waals surface area contributed by atoms with Crippen LogP contribution in [-0.4, -0.2) is 48.9 Å². The fraction of sp³-hybridized carbons (Fsp3) is 0.923. The van der Waals surface area contributed by atoms with Crippen LogP contribution in [0.5, 0.6) is 0 Å². The van der Waals surface area contributed by atoms with Gasteiger partial charge in [0.05, 0.1) is 19.3 Å². The standard InChI is InChI=1S/C13H26N2O3/c1-13(2,3)18-12(16)15-8-5-4-6-11(10-15)17-9-7-14/h11H,4-10,14H2,1-3H3. The molecule has 106 valence electrons. The van der Waals surface area contributed by atoms with Crippen LogP contribution in [0.2, 0.25) is 0 Å². The number of amides is 1. The Morgan fingerprint density at radius 1 is 1.39 bits per heavy atom. The zero-order chi connectivity index (χ0) is 13.6. The first-order valence-corrected chi connectivity index (χ1v) is 6.72. The number of nitrogens with zero attached hydrogens (tertiary/aromatic N) is 1. The molecule has 0 saturated carbocycles. The molecule has 5 heteroatoms. The minimum atomic E-state index is -0.447. The highest BCUT2D eigenvalue weighted by atomic mass is 16.6. The number of ether oxygens (including phenoxy) is 2. The summed E-state index contributed by atoms with van der Waals surface area (Å²) in [6, 6.07) is 0. The van der Waals surface area contributed by atoms with Crippen molar-refractivity contribution in [2.24, 2.45) is 5.73 Å². The Labute approximate surface area is 110 Å². The highest BCUT2D eigenvalue weighted by Gasteiger charge is 2.26. The first kappa shape index (κ1) is 15.2. The average Bonchev–Trinajstić information content (AvgIpc) is 2.49. The second-order valence-electron chi connectivity index (χ2n) is 5.70. The minimum Gasteiger partial charge on any atom is -0.444 e. The monoisotopic (exact) mass is 258 g/mol. The Morgan fingerprint density at radius 2 is 2.11 bits per heavy atom. The van der Waals surface area contributed by atoms with Crippen LogP contribution in [0.4, 0.5) is 4.79 Å². The highest BCUT2D eigenvalue weighted by Crippen LogP contribution is 2.16. The van der Waals surface area contributed by atoms with Crippen molar-refractivity contribution in [3.05, 3.63) is 0 Å². The van der Waals surface area contributed by atoms with Crippen molar-refractivity contribution < 1.29 is 14.3 Å². The van der Waals surface area contributed by atoms with Crippen molar-refractivity contribution in [3.63, 3.8) is 0 Å². The molecule has 1 saturated heterocycles. The van der Waals surface area contributed by atoms with Crippen molar-refractivity contribution in [2.75, 3.05) is 26.2 Å². The van der Waals surface area contributed by atoms with Crippen LogP contribution in [0.3, 0.4) is 0 Å². The minimum absolute atomic E-state index is 0.0866. The van der Waals surface area contributed by atoms with Crippen LogP contribution in [0, 0.1) is 0 Å². The molecule has 2 N–H and O–H groups in total. The van der Waals surface area contributed by atoms with E-state index in [1.54, 1.807) is 4.90 Å². The third-order valence-electron chi connectivity index (χ3n) is 2.75. The van der Waals surface area contributed by atoms with Gasteiger partial charge < -0.3 is 20.1 Å². The molecule has 0 spiro atoms. The maximum absolute atomic E-state index is 12.0. The Hall–Kier alpha value is -0.810. The van der Waals surface area contributed by atoms with Crippen molar-refractivity contribution in [2.45, 2.75) is 51.7 Å². The first-order valence-electron chi connectivity index (χ1n) is 6.72. The molecular weight excluding hydrogens is 232 g/mol. The molecule has 1 unspecified atom stereocenters. The Balaban J connectivity index is 2.50. The van der Waals surface area contributed by atoms with Crippen LogP contribution in [0.1, 0.15) is 40.0 Å². The fourth-order valence-corrected chi connectivity index (χ4v) is 1.97. The second-order valence-corrected chi connectivity index (χ2v) is 5.70. The largest absolute Gasteiger partial charge is 0.444 e.